The summed E-state index contributed by atoms with van der Waals surface area (Å²) in [6, 6.07) is 17.5. The molecule has 3 aromatic carbocycles. The van der Waals surface area contributed by atoms with Gasteiger partial charge in [-0.1, -0.05) is 30.3 Å². The van der Waals surface area contributed by atoms with Crippen molar-refractivity contribution in [2.45, 2.75) is 11.3 Å². The lowest BCUT2D eigenvalue weighted by Gasteiger charge is -2.26. The number of sulfonamides is 1. The SMILES string of the molecule is O=C(COC(=O)Cc1coc2ccc3ccccc3c12)Nc1ccc(S(=O)(=O)N2CCOCC2)cc1. The molecule has 0 unspecified atom stereocenters. The molecule has 0 radical (unpaired) electrons. The highest BCUT2D eigenvalue weighted by Crippen LogP contribution is 2.30. The van der Waals surface area contributed by atoms with Gasteiger partial charge >= 0.3 is 5.97 Å². The van der Waals surface area contributed by atoms with E-state index in [2.05, 4.69) is 5.32 Å². The molecule has 1 fully saturated rings. The molecule has 1 saturated heterocycles. The van der Waals surface area contributed by atoms with Gasteiger partial charge in [-0.05, 0) is 41.1 Å². The van der Waals surface area contributed by atoms with Gasteiger partial charge < -0.3 is 19.2 Å². The van der Waals surface area contributed by atoms with Crippen LogP contribution in [-0.2, 0) is 35.5 Å². The molecule has 36 heavy (non-hydrogen) atoms. The Hall–Kier alpha value is -3.73. The van der Waals surface area contributed by atoms with Gasteiger partial charge in [0.1, 0.15) is 5.58 Å². The fourth-order valence-electron chi connectivity index (χ4n) is 4.20. The summed E-state index contributed by atoms with van der Waals surface area (Å²) in [5, 5.41) is 5.46. The van der Waals surface area contributed by atoms with E-state index in [4.69, 9.17) is 13.9 Å². The summed E-state index contributed by atoms with van der Waals surface area (Å²) in [6.45, 7) is 0.857. The van der Waals surface area contributed by atoms with Crippen LogP contribution in [0.5, 0.6) is 0 Å². The van der Waals surface area contributed by atoms with E-state index < -0.39 is 28.5 Å². The maximum atomic E-state index is 12.7. The third-order valence-electron chi connectivity index (χ3n) is 5.99. The number of benzene rings is 3. The fourth-order valence-corrected chi connectivity index (χ4v) is 5.61. The summed E-state index contributed by atoms with van der Waals surface area (Å²) in [6.07, 6.45) is 1.49. The Labute approximate surface area is 207 Å². The van der Waals surface area contributed by atoms with Gasteiger partial charge in [-0.25, -0.2) is 8.42 Å². The second-order valence-electron chi connectivity index (χ2n) is 8.35. The van der Waals surface area contributed by atoms with Crippen LogP contribution >= 0.6 is 0 Å². The molecule has 0 bridgehead atoms. The highest BCUT2D eigenvalue weighted by atomic mass is 32.2. The van der Waals surface area contributed by atoms with Crippen molar-refractivity contribution < 1.29 is 31.9 Å². The van der Waals surface area contributed by atoms with Crippen LogP contribution in [0.4, 0.5) is 5.69 Å². The number of hydrogen-bond acceptors (Lipinski definition) is 7. The summed E-state index contributed by atoms with van der Waals surface area (Å²) in [7, 11) is -3.62. The number of rotatable bonds is 7. The zero-order chi connectivity index (χ0) is 25.1. The third-order valence-corrected chi connectivity index (χ3v) is 7.90. The monoisotopic (exact) mass is 508 g/mol. The summed E-state index contributed by atoms with van der Waals surface area (Å²) >= 11 is 0. The van der Waals surface area contributed by atoms with E-state index in [0.29, 0.717) is 43.1 Å². The molecule has 0 spiro atoms. The number of ether oxygens (including phenoxy) is 2. The Morgan fingerprint density at radius 2 is 1.72 bits per heavy atom. The van der Waals surface area contributed by atoms with Crippen molar-refractivity contribution in [3.63, 3.8) is 0 Å². The Bertz CT molecular complexity index is 1520. The zero-order valence-corrected chi connectivity index (χ0v) is 20.1. The number of nitrogens with one attached hydrogen (secondary N) is 1. The quantitative estimate of drug-likeness (QED) is 0.381. The lowest BCUT2D eigenvalue weighted by Crippen LogP contribution is -2.40. The van der Waals surface area contributed by atoms with Gasteiger partial charge in [0.25, 0.3) is 5.91 Å². The van der Waals surface area contributed by atoms with Crippen LogP contribution in [-0.4, -0.2) is 57.5 Å². The molecule has 0 aliphatic carbocycles. The summed E-state index contributed by atoms with van der Waals surface area (Å²) < 4.78 is 42.7. The molecule has 4 aromatic rings. The van der Waals surface area contributed by atoms with Crippen molar-refractivity contribution in [2.75, 3.05) is 38.2 Å². The lowest BCUT2D eigenvalue weighted by molar-refractivity contribution is -0.146. The van der Waals surface area contributed by atoms with E-state index in [-0.39, 0.29) is 11.3 Å². The van der Waals surface area contributed by atoms with E-state index in [1.54, 1.807) is 0 Å². The average Bonchev–Trinajstić information content (AvgIpc) is 3.31. The van der Waals surface area contributed by atoms with Crippen molar-refractivity contribution in [1.82, 2.24) is 4.31 Å². The third kappa shape index (κ3) is 4.97. The zero-order valence-electron chi connectivity index (χ0n) is 19.3. The van der Waals surface area contributed by atoms with Crippen LogP contribution in [0.25, 0.3) is 21.7 Å². The minimum atomic E-state index is -3.62. The van der Waals surface area contributed by atoms with Crippen molar-refractivity contribution in [1.29, 1.82) is 0 Å². The first-order valence-electron chi connectivity index (χ1n) is 11.4. The minimum absolute atomic E-state index is 0.0393. The number of carbonyl (C=O) groups excluding carboxylic acids is 2. The largest absolute Gasteiger partial charge is 0.464 e. The number of furan rings is 1. The maximum absolute atomic E-state index is 12.7. The van der Waals surface area contributed by atoms with Gasteiger partial charge in [-0.3, -0.25) is 9.59 Å². The Balaban J connectivity index is 1.17. The van der Waals surface area contributed by atoms with Gasteiger partial charge in [0.15, 0.2) is 6.61 Å². The topological polar surface area (TPSA) is 115 Å². The highest BCUT2D eigenvalue weighted by Gasteiger charge is 2.26. The summed E-state index contributed by atoms with van der Waals surface area (Å²) in [4.78, 5) is 24.8. The van der Waals surface area contributed by atoms with Crippen LogP contribution in [0.15, 0.2) is 76.2 Å². The normalized spacial score (nSPS) is 14.7. The molecule has 9 nitrogen and oxygen atoms in total. The van der Waals surface area contributed by atoms with Gasteiger partial charge in [0.2, 0.25) is 10.0 Å². The number of nitrogens with zero attached hydrogens (tertiary/aromatic N) is 1. The Morgan fingerprint density at radius 1 is 0.972 bits per heavy atom. The molecule has 5 rings (SSSR count). The van der Waals surface area contributed by atoms with Crippen LogP contribution < -0.4 is 5.32 Å². The molecule has 10 heteroatoms. The van der Waals surface area contributed by atoms with Crippen LogP contribution in [0.1, 0.15) is 5.56 Å². The lowest BCUT2D eigenvalue weighted by atomic mass is 10.0. The number of anilines is 1. The van der Waals surface area contributed by atoms with Crippen molar-refractivity contribution in [2.24, 2.45) is 0 Å². The minimum Gasteiger partial charge on any atom is -0.464 e. The highest BCUT2D eigenvalue weighted by molar-refractivity contribution is 7.89. The number of carbonyl (C=O) groups is 2. The molecular weight excluding hydrogens is 484 g/mol. The predicted octanol–water partition coefficient (Wildman–Crippen LogP) is 3.33. The van der Waals surface area contributed by atoms with E-state index in [0.717, 1.165) is 16.2 Å². The molecule has 0 saturated carbocycles. The van der Waals surface area contributed by atoms with E-state index in [1.807, 2.05) is 36.4 Å². The van der Waals surface area contributed by atoms with Crippen LogP contribution in [0, 0.1) is 0 Å². The fraction of sp³-hybridized carbons (Fsp3) is 0.231. The first-order valence-corrected chi connectivity index (χ1v) is 12.9. The number of morpholine rings is 1. The maximum Gasteiger partial charge on any atom is 0.310 e. The molecule has 0 atom stereocenters. The second-order valence-corrected chi connectivity index (χ2v) is 10.3. The number of hydrogen-bond donors (Lipinski definition) is 1. The van der Waals surface area contributed by atoms with Crippen LogP contribution in [0.2, 0.25) is 0 Å². The molecule has 1 amide bonds. The molecular formula is C26H24N2O7S. The standard InChI is InChI=1S/C26H24N2O7S/c29-24(27-20-6-8-21(9-7-20)36(31,32)28-11-13-33-14-12-28)17-35-25(30)15-19-16-34-23-10-5-18-3-1-2-4-22(18)26(19)23/h1-10,16H,11-15,17H2,(H,27,29). The molecule has 1 N–H and O–H groups in total. The van der Waals surface area contributed by atoms with Gasteiger partial charge in [-0.15, -0.1) is 0 Å². The molecule has 1 aromatic heterocycles. The molecule has 2 heterocycles. The number of esters is 1. The molecule has 1 aliphatic heterocycles. The Morgan fingerprint density at radius 3 is 2.50 bits per heavy atom. The van der Waals surface area contributed by atoms with E-state index in [9.17, 15) is 18.0 Å². The summed E-state index contributed by atoms with van der Waals surface area (Å²) in [5.74, 6) is -1.10. The van der Waals surface area contributed by atoms with Gasteiger partial charge in [-0.2, -0.15) is 4.31 Å². The Kier molecular flexibility index (Phi) is 6.73. The van der Waals surface area contributed by atoms with Crippen LogP contribution in [0.3, 0.4) is 0 Å². The predicted molar refractivity (Wildman–Crippen MR) is 133 cm³/mol. The number of amides is 1. The van der Waals surface area contributed by atoms with Crippen molar-refractivity contribution >= 4 is 49.3 Å². The average molecular weight is 509 g/mol. The second kappa shape index (κ2) is 10.1. The summed E-state index contributed by atoms with van der Waals surface area (Å²) in [5.41, 5.74) is 1.75. The van der Waals surface area contributed by atoms with E-state index in [1.165, 1.54) is 34.8 Å². The van der Waals surface area contributed by atoms with Crippen molar-refractivity contribution in [3.8, 4) is 0 Å². The first kappa shape index (κ1) is 24.0. The number of fused-ring (bicyclic) bond motifs is 3. The molecule has 1 aliphatic rings. The van der Waals surface area contributed by atoms with E-state index >= 15 is 0 Å². The van der Waals surface area contributed by atoms with Gasteiger partial charge in [0, 0.05) is 29.7 Å². The molecule has 186 valence electrons. The van der Waals surface area contributed by atoms with Gasteiger partial charge in [0.05, 0.1) is 30.8 Å². The first-order chi connectivity index (χ1) is 17.4. The smallest absolute Gasteiger partial charge is 0.310 e. The van der Waals surface area contributed by atoms with Crippen molar-refractivity contribution in [3.05, 3.63) is 72.5 Å².